The summed E-state index contributed by atoms with van der Waals surface area (Å²) in [5.41, 5.74) is 13.3. The van der Waals surface area contributed by atoms with Crippen LogP contribution in [-0.4, -0.2) is 4.98 Å². The van der Waals surface area contributed by atoms with Crippen LogP contribution < -0.4 is 4.90 Å². The predicted octanol–water partition coefficient (Wildman–Crippen LogP) is 14.1. The monoisotopic (exact) mass is 694 g/mol. The van der Waals surface area contributed by atoms with E-state index in [2.05, 4.69) is 132 Å². The maximum Gasteiger partial charge on any atom is 0.227 e. The molecule has 254 valence electrons. The topological polar surface area (TPSA) is 55.6 Å². The molecule has 0 fully saturated rings. The second-order valence-electron chi connectivity index (χ2n) is 13.5. The standard InChI is InChI=1S/C49H30N2O3/c1-3-12-31(13-4-1)36-16-7-8-17-37(36)32-22-24-34(25-23-32)51(35-26-27-44-39(28-35)38-18-9-10-20-43(38)52-44)42-19-11-21-45-48(42)40-29-41-47(30-46(40)53-45)54-49(50-41)33-14-5-2-6-15-33/h1-30H. The Morgan fingerprint density at radius 3 is 1.80 bits per heavy atom. The molecule has 11 rings (SSSR count). The molecule has 0 saturated heterocycles. The summed E-state index contributed by atoms with van der Waals surface area (Å²) in [5, 5.41) is 4.10. The first-order chi connectivity index (χ1) is 26.7. The van der Waals surface area contributed by atoms with Crippen molar-refractivity contribution in [3.63, 3.8) is 0 Å². The van der Waals surface area contributed by atoms with E-state index < -0.39 is 0 Å². The molecule has 0 aliphatic heterocycles. The first-order valence-corrected chi connectivity index (χ1v) is 18.0. The molecule has 0 unspecified atom stereocenters. The molecule has 0 aliphatic carbocycles. The summed E-state index contributed by atoms with van der Waals surface area (Å²) in [6, 6.07) is 62.9. The van der Waals surface area contributed by atoms with E-state index in [-0.39, 0.29) is 0 Å². The molecule has 0 aliphatic rings. The van der Waals surface area contributed by atoms with Crippen molar-refractivity contribution in [3.8, 4) is 33.7 Å². The molecular weight excluding hydrogens is 665 g/mol. The molecule has 11 aromatic rings. The van der Waals surface area contributed by atoms with Crippen molar-refractivity contribution < 1.29 is 13.3 Å². The van der Waals surface area contributed by atoms with Gasteiger partial charge in [-0.1, -0.05) is 109 Å². The van der Waals surface area contributed by atoms with E-state index in [0.717, 1.165) is 77.6 Å². The van der Waals surface area contributed by atoms with E-state index in [1.165, 1.54) is 16.7 Å². The van der Waals surface area contributed by atoms with Crippen molar-refractivity contribution in [2.45, 2.75) is 0 Å². The smallest absolute Gasteiger partial charge is 0.227 e. The van der Waals surface area contributed by atoms with Crippen LogP contribution in [0.3, 0.4) is 0 Å². The number of oxazole rings is 1. The van der Waals surface area contributed by atoms with Crippen LogP contribution in [0.2, 0.25) is 0 Å². The van der Waals surface area contributed by atoms with E-state index in [1.54, 1.807) is 0 Å². The average molecular weight is 695 g/mol. The molecule has 0 spiro atoms. The minimum absolute atomic E-state index is 0.582. The zero-order valence-electron chi connectivity index (χ0n) is 28.9. The summed E-state index contributed by atoms with van der Waals surface area (Å²) in [5.74, 6) is 0.582. The Hall–Kier alpha value is -7.37. The van der Waals surface area contributed by atoms with Crippen molar-refractivity contribution in [1.82, 2.24) is 4.98 Å². The number of fused-ring (bicyclic) bond motifs is 7. The molecule has 54 heavy (non-hydrogen) atoms. The number of hydrogen-bond donors (Lipinski definition) is 0. The van der Waals surface area contributed by atoms with Gasteiger partial charge in [0, 0.05) is 39.2 Å². The van der Waals surface area contributed by atoms with E-state index in [1.807, 2.05) is 54.6 Å². The van der Waals surface area contributed by atoms with Gasteiger partial charge in [0.2, 0.25) is 5.89 Å². The van der Waals surface area contributed by atoms with Crippen LogP contribution in [0.15, 0.2) is 195 Å². The predicted molar refractivity (Wildman–Crippen MR) is 220 cm³/mol. The fourth-order valence-electron chi connectivity index (χ4n) is 7.79. The number of benzene rings is 8. The molecule has 0 radical (unpaired) electrons. The molecule has 0 amide bonds. The molecule has 8 aromatic carbocycles. The Bertz CT molecular complexity index is 3160. The van der Waals surface area contributed by atoms with Crippen molar-refractivity contribution in [1.29, 1.82) is 0 Å². The minimum atomic E-state index is 0.582. The van der Waals surface area contributed by atoms with Crippen LogP contribution in [0.25, 0.3) is 88.7 Å². The minimum Gasteiger partial charge on any atom is -0.456 e. The van der Waals surface area contributed by atoms with Gasteiger partial charge in [0.15, 0.2) is 5.58 Å². The van der Waals surface area contributed by atoms with E-state index in [4.69, 9.17) is 18.2 Å². The summed E-state index contributed by atoms with van der Waals surface area (Å²) in [6.07, 6.45) is 0. The van der Waals surface area contributed by atoms with Crippen molar-refractivity contribution in [2.24, 2.45) is 0 Å². The SMILES string of the molecule is c1ccc(-c2nc3cc4c(cc3o2)oc2cccc(N(c3ccc(-c5ccccc5-c5ccccc5)cc3)c3ccc5oc6ccccc6c5c3)c24)cc1. The van der Waals surface area contributed by atoms with Gasteiger partial charge < -0.3 is 18.2 Å². The Labute approximate surface area is 309 Å². The lowest BCUT2D eigenvalue weighted by molar-refractivity contribution is 0.617. The second kappa shape index (κ2) is 12.1. The molecule has 0 saturated carbocycles. The lowest BCUT2D eigenvalue weighted by Gasteiger charge is -2.26. The fourth-order valence-corrected chi connectivity index (χ4v) is 7.79. The van der Waals surface area contributed by atoms with Gasteiger partial charge in [0.1, 0.15) is 27.8 Å². The molecule has 3 aromatic heterocycles. The third kappa shape index (κ3) is 4.90. The van der Waals surface area contributed by atoms with Crippen LogP contribution in [0, 0.1) is 0 Å². The Balaban J connectivity index is 1.11. The van der Waals surface area contributed by atoms with Gasteiger partial charge in [-0.3, -0.25) is 0 Å². The Kier molecular flexibility index (Phi) is 6.79. The maximum absolute atomic E-state index is 6.56. The van der Waals surface area contributed by atoms with Crippen LogP contribution >= 0.6 is 0 Å². The molecule has 5 nitrogen and oxygen atoms in total. The van der Waals surface area contributed by atoms with Crippen LogP contribution in [0.4, 0.5) is 17.1 Å². The Morgan fingerprint density at radius 1 is 0.370 bits per heavy atom. The summed E-state index contributed by atoms with van der Waals surface area (Å²) < 4.78 is 19.0. The van der Waals surface area contributed by atoms with E-state index in [0.29, 0.717) is 11.5 Å². The lowest BCUT2D eigenvalue weighted by atomic mass is 9.94. The number of nitrogens with zero attached hydrogens (tertiary/aromatic N) is 2. The van der Waals surface area contributed by atoms with Crippen molar-refractivity contribution in [2.75, 3.05) is 4.90 Å². The van der Waals surface area contributed by atoms with E-state index in [9.17, 15) is 0 Å². The second-order valence-corrected chi connectivity index (χ2v) is 13.5. The first-order valence-electron chi connectivity index (χ1n) is 18.0. The molecular formula is C49H30N2O3. The number of furan rings is 2. The highest BCUT2D eigenvalue weighted by molar-refractivity contribution is 6.16. The molecule has 3 heterocycles. The lowest BCUT2D eigenvalue weighted by Crippen LogP contribution is -2.10. The number of hydrogen-bond acceptors (Lipinski definition) is 5. The number of aromatic nitrogens is 1. The van der Waals surface area contributed by atoms with Gasteiger partial charge in [-0.05, 0) is 89.0 Å². The van der Waals surface area contributed by atoms with Gasteiger partial charge in [-0.25, -0.2) is 4.98 Å². The highest BCUT2D eigenvalue weighted by Gasteiger charge is 2.22. The molecule has 0 bridgehead atoms. The molecule has 0 atom stereocenters. The van der Waals surface area contributed by atoms with Gasteiger partial charge in [0.05, 0.1) is 11.1 Å². The molecule has 0 N–H and O–H groups in total. The van der Waals surface area contributed by atoms with Crippen LogP contribution in [-0.2, 0) is 0 Å². The number of anilines is 3. The average Bonchev–Trinajstić information content (AvgIpc) is 3.94. The van der Waals surface area contributed by atoms with Gasteiger partial charge >= 0.3 is 0 Å². The first kappa shape index (κ1) is 30.3. The van der Waals surface area contributed by atoms with Gasteiger partial charge in [0.25, 0.3) is 0 Å². The quantitative estimate of drug-likeness (QED) is 0.173. The third-order valence-electron chi connectivity index (χ3n) is 10.3. The number of rotatable bonds is 6. The summed E-state index contributed by atoms with van der Waals surface area (Å²) in [4.78, 5) is 7.22. The largest absolute Gasteiger partial charge is 0.456 e. The zero-order valence-corrected chi connectivity index (χ0v) is 28.9. The normalized spacial score (nSPS) is 11.7. The molecule has 5 heteroatoms. The van der Waals surface area contributed by atoms with Gasteiger partial charge in [-0.15, -0.1) is 0 Å². The van der Waals surface area contributed by atoms with Crippen LogP contribution in [0.5, 0.6) is 0 Å². The zero-order chi connectivity index (χ0) is 35.6. The third-order valence-corrected chi connectivity index (χ3v) is 10.3. The van der Waals surface area contributed by atoms with Crippen LogP contribution in [0.1, 0.15) is 0 Å². The van der Waals surface area contributed by atoms with Crippen molar-refractivity contribution >= 4 is 72.0 Å². The maximum atomic E-state index is 6.56. The Morgan fingerprint density at radius 2 is 1.00 bits per heavy atom. The highest BCUT2D eigenvalue weighted by Crippen LogP contribution is 2.46. The summed E-state index contributed by atoms with van der Waals surface area (Å²) in [7, 11) is 0. The number of para-hydroxylation sites is 1. The summed E-state index contributed by atoms with van der Waals surface area (Å²) in [6.45, 7) is 0. The van der Waals surface area contributed by atoms with E-state index >= 15 is 0 Å². The summed E-state index contributed by atoms with van der Waals surface area (Å²) >= 11 is 0. The van der Waals surface area contributed by atoms with Gasteiger partial charge in [-0.2, -0.15) is 0 Å². The highest BCUT2D eigenvalue weighted by atomic mass is 16.4. The van der Waals surface area contributed by atoms with Crippen molar-refractivity contribution in [3.05, 3.63) is 182 Å². The fraction of sp³-hybridized carbons (Fsp3) is 0.